The molecular formula is C22H18FN5O. The predicted octanol–water partition coefficient (Wildman–Crippen LogP) is 4.79. The van der Waals surface area contributed by atoms with Crippen LogP contribution < -0.4 is 10.1 Å². The zero-order valence-electron chi connectivity index (χ0n) is 15.7. The molecule has 0 spiro atoms. The van der Waals surface area contributed by atoms with Crippen LogP contribution in [0.25, 0.3) is 11.4 Å². The van der Waals surface area contributed by atoms with Gasteiger partial charge in [-0.25, -0.2) is 14.4 Å². The Hall–Kier alpha value is -3.87. The Kier molecular flexibility index (Phi) is 5.38. The Bertz CT molecular complexity index is 1110. The van der Waals surface area contributed by atoms with Gasteiger partial charge >= 0.3 is 0 Å². The van der Waals surface area contributed by atoms with E-state index in [1.807, 2.05) is 25.1 Å². The minimum absolute atomic E-state index is 0.151. The zero-order valence-corrected chi connectivity index (χ0v) is 15.7. The molecule has 3 heterocycles. The van der Waals surface area contributed by atoms with Crippen LogP contribution in [0.3, 0.4) is 0 Å². The lowest BCUT2D eigenvalue weighted by Gasteiger charge is -2.10. The number of nitrogens with one attached hydrogen (secondary N) is 1. The smallest absolute Gasteiger partial charge is 0.166 e. The largest absolute Gasteiger partial charge is 0.453 e. The van der Waals surface area contributed by atoms with Gasteiger partial charge in [0.1, 0.15) is 11.6 Å². The molecule has 0 aliphatic rings. The first-order valence-electron chi connectivity index (χ1n) is 9.03. The second kappa shape index (κ2) is 8.43. The van der Waals surface area contributed by atoms with E-state index in [0.717, 1.165) is 16.8 Å². The second-order valence-electron chi connectivity index (χ2n) is 6.37. The summed E-state index contributed by atoms with van der Waals surface area (Å²) in [6.45, 7) is 2.31. The molecule has 0 unspecified atom stereocenters. The van der Waals surface area contributed by atoms with Crippen molar-refractivity contribution in [2.24, 2.45) is 0 Å². The van der Waals surface area contributed by atoms with Gasteiger partial charge < -0.3 is 10.1 Å². The molecular weight excluding hydrogens is 369 g/mol. The van der Waals surface area contributed by atoms with Gasteiger partial charge in [0.25, 0.3) is 0 Å². The minimum Gasteiger partial charge on any atom is -0.453 e. The van der Waals surface area contributed by atoms with E-state index in [9.17, 15) is 4.39 Å². The molecule has 3 aromatic heterocycles. The number of benzene rings is 1. The average molecular weight is 387 g/mol. The summed E-state index contributed by atoms with van der Waals surface area (Å²) in [6, 6.07) is 13.9. The maximum absolute atomic E-state index is 14.4. The predicted molar refractivity (Wildman–Crippen MR) is 108 cm³/mol. The van der Waals surface area contributed by atoms with Crippen LogP contribution in [0.4, 0.5) is 10.2 Å². The standard InChI is InChI=1S/C22H18FN5O/c1-15-10-21(28-22(27-15)17-4-2-8-24-13-17)26-12-16-6-7-20(19(23)11-16)29-18-5-3-9-25-14-18/h2-11,13-14H,12H2,1H3,(H,26,27,28). The molecule has 0 bridgehead atoms. The monoisotopic (exact) mass is 387 g/mol. The highest BCUT2D eigenvalue weighted by atomic mass is 19.1. The molecule has 0 saturated carbocycles. The SMILES string of the molecule is Cc1cc(NCc2ccc(Oc3cccnc3)c(F)c2)nc(-c2cccnc2)n1. The number of halogens is 1. The third-order valence-electron chi connectivity index (χ3n) is 4.11. The van der Waals surface area contributed by atoms with Crippen LogP contribution in [-0.4, -0.2) is 19.9 Å². The third-order valence-corrected chi connectivity index (χ3v) is 4.11. The molecule has 1 N–H and O–H groups in total. The summed E-state index contributed by atoms with van der Waals surface area (Å²) in [5.74, 6) is 1.44. The van der Waals surface area contributed by atoms with Crippen molar-refractivity contribution in [3.8, 4) is 22.9 Å². The first-order valence-corrected chi connectivity index (χ1v) is 9.03. The lowest BCUT2D eigenvalue weighted by atomic mass is 10.2. The molecule has 7 heteroatoms. The maximum atomic E-state index is 14.4. The number of aromatic nitrogens is 4. The summed E-state index contributed by atoms with van der Waals surface area (Å²) in [5, 5.41) is 3.22. The molecule has 0 fully saturated rings. The second-order valence-corrected chi connectivity index (χ2v) is 6.37. The van der Waals surface area contributed by atoms with Crippen LogP contribution in [0, 0.1) is 12.7 Å². The van der Waals surface area contributed by atoms with E-state index >= 15 is 0 Å². The molecule has 0 saturated heterocycles. The van der Waals surface area contributed by atoms with E-state index in [-0.39, 0.29) is 5.75 Å². The number of anilines is 1. The zero-order chi connectivity index (χ0) is 20.1. The van der Waals surface area contributed by atoms with Crippen molar-refractivity contribution in [2.75, 3.05) is 5.32 Å². The quantitative estimate of drug-likeness (QED) is 0.513. The van der Waals surface area contributed by atoms with Gasteiger partial charge in [-0.1, -0.05) is 6.07 Å². The Morgan fingerprint density at radius 1 is 0.966 bits per heavy atom. The molecule has 4 rings (SSSR count). The van der Waals surface area contributed by atoms with Crippen molar-refractivity contribution < 1.29 is 9.13 Å². The molecule has 0 aliphatic heterocycles. The lowest BCUT2D eigenvalue weighted by Crippen LogP contribution is -2.04. The molecule has 4 aromatic rings. The van der Waals surface area contributed by atoms with Gasteiger partial charge in [-0.05, 0) is 48.9 Å². The third kappa shape index (κ3) is 4.70. The Balaban J connectivity index is 1.47. The Morgan fingerprint density at radius 3 is 2.52 bits per heavy atom. The molecule has 6 nitrogen and oxygen atoms in total. The minimum atomic E-state index is -0.442. The molecule has 0 radical (unpaired) electrons. The van der Waals surface area contributed by atoms with E-state index in [1.165, 1.54) is 12.3 Å². The lowest BCUT2D eigenvalue weighted by molar-refractivity contribution is 0.440. The molecule has 144 valence electrons. The highest BCUT2D eigenvalue weighted by Gasteiger charge is 2.08. The van der Waals surface area contributed by atoms with Gasteiger partial charge in [-0.15, -0.1) is 0 Å². The molecule has 0 atom stereocenters. The van der Waals surface area contributed by atoms with Crippen molar-refractivity contribution >= 4 is 5.82 Å². The van der Waals surface area contributed by atoms with Crippen molar-refractivity contribution in [2.45, 2.75) is 13.5 Å². The van der Waals surface area contributed by atoms with Crippen molar-refractivity contribution in [1.29, 1.82) is 0 Å². The summed E-state index contributed by atoms with van der Waals surface area (Å²) >= 11 is 0. The molecule has 29 heavy (non-hydrogen) atoms. The van der Waals surface area contributed by atoms with Crippen molar-refractivity contribution in [3.05, 3.63) is 90.4 Å². The molecule has 1 aromatic carbocycles. The van der Waals surface area contributed by atoms with Gasteiger partial charge in [0.15, 0.2) is 17.4 Å². The number of pyridine rings is 2. The van der Waals surface area contributed by atoms with Crippen molar-refractivity contribution in [1.82, 2.24) is 19.9 Å². The summed E-state index contributed by atoms with van der Waals surface area (Å²) in [5.41, 5.74) is 2.43. The van der Waals surface area contributed by atoms with Crippen LogP contribution in [0.2, 0.25) is 0 Å². The topological polar surface area (TPSA) is 72.8 Å². The van der Waals surface area contributed by atoms with Crippen LogP contribution in [0.15, 0.2) is 73.3 Å². The van der Waals surface area contributed by atoms with Crippen LogP contribution in [-0.2, 0) is 6.54 Å². The van der Waals surface area contributed by atoms with Gasteiger partial charge in [-0.3, -0.25) is 9.97 Å². The Labute approximate surface area is 167 Å². The Morgan fingerprint density at radius 2 is 1.79 bits per heavy atom. The van der Waals surface area contributed by atoms with Crippen molar-refractivity contribution in [3.63, 3.8) is 0 Å². The number of nitrogens with zero attached hydrogens (tertiary/aromatic N) is 4. The number of ether oxygens (including phenoxy) is 1. The van der Waals surface area contributed by atoms with Gasteiger partial charge in [0, 0.05) is 42.5 Å². The normalized spacial score (nSPS) is 10.6. The van der Waals surface area contributed by atoms with E-state index < -0.39 is 5.82 Å². The van der Waals surface area contributed by atoms with Gasteiger partial charge in [0.05, 0.1) is 6.20 Å². The van der Waals surface area contributed by atoms with E-state index in [1.54, 1.807) is 42.9 Å². The maximum Gasteiger partial charge on any atom is 0.166 e. The number of rotatable bonds is 6. The highest BCUT2D eigenvalue weighted by Crippen LogP contribution is 2.25. The first-order chi connectivity index (χ1) is 14.2. The van der Waals surface area contributed by atoms with Crippen LogP contribution >= 0.6 is 0 Å². The highest BCUT2D eigenvalue weighted by molar-refractivity contribution is 5.56. The number of hydrogen-bond acceptors (Lipinski definition) is 6. The van der Waals surface area contributed by atoms with E-state index in [2.05, 4.69) is 25.3 Å². The summed E-state index contributed by atoms with van der Waals surface area (Å²) in [4.78, 5) is 17.0. The fraction of sp³-hybridized carbons (Fsp3) is 0.0909. The first kappa shape index (κ1) is 18.5. The van der Waals surface area contributed by atoms with E-state index in [0.29, 0.717) is 23.9 Å². The van der Waals surface area contributed by atoms with Crippen LogP contribution in [0.5, 0.6) is 11.5 Å². The molecule has 0 amide bonds. The van der Waals surface area contributed by atoms with Crippen LogP contribution in [0.1, 0.15) is 11.3 Å². The van der Waals surface area contributed by atoms with Gasteiger partial charge in [0.2, 0.25) is 0 Å². The molecule has 0 aliphatic carbocycles. The summed E-state index contributed by atoms with van der Waals surface area (Å²) < 4.78 is 19.9. The summed E-state index contributed by atoms with van der Waals surface area (Å²) in [6.07, 6.45) is 6.59. The van der Waals surface area contributed by atoms with Gasteiger partial charge in [-0.2, -0.15) is 0 Å². The average Bonchev–Trinajstić information content (AvgIpc) is 2.75. The van der Waals surface area contributed by atoms with E-state index in [4.69, 9.17) is 4.74 Å². The fourth-order valence-corrected chi connectivity index (χ4v) is 2.75. The number of hydrogen-bond donors (Lipinski definition) is 1. The fourth-order valence-electron chi connectivity index (χ4n) is 2.75. The summed E-state index contributed by atoms with van der Waals surface area (Å²) in [7, 11) is 0. The number of aryl methyl sites for hydroxylation is 1.